The van der Waals surface area contributed by atoms with Crippen LogP contribution >= 0.6 is 0 Å². The summed E-state index contributed by atoms with van der Waals surface area (Å²) >= 11 is 0. The Balaban J connectivity index is 1.93. The van der Waals surface area contributed by atoms with E-state index in [1.807, 2.05) is 0 Å². The van der Waals surface area contributed by atoms with Crippen molar-refractivity contribution in [1.29, 1.82) is 0 Å². The summed E-state index contributed by atoms with van der Waals surface area (Å²) in [4.78, 5) is 13.6. The Morgan fingerprint density at radius 3 is 2.75 bits per heavy atom. The number of nitrogens with zero attached hydrogens (tertiary/aromatic N) is 1. The van der Waals surface area contributed by atoms with Crippen molar-refractivity contribution in [3.63, 3.8) is 0 Å². The molecule has 0 saturated carbocycles. The Morgan fingerprint density at radius 1 is 1.40 bits per heavy atom. The summed E-state index contributed by atoms with van der Waals surface area (Å²) in [6.45, 7) is 2.35. The van der Waals surface area contributed by atoms with E-state index in [0.717, 1.165) is 31.6 Å². The zero-order valence-corrected chi connectivity index (χ0v) is 11.7. The van der Waals surface area contributed by atoms with Crippen molar-refractivity contribution in [3.8, 4) is 0 Å². The molecule has 1 saturated heterocycles. The van der Waals surface area contributed by atoms with Crippen molar-refractivity contribution in [3.05, 3.63) is 35.6 Å². The molecule has 0 amide bonds. The number of piperidine rings is 1. The van der Waals surface area contributed by atoms with E-state index in [9.17, 15) is 9.18 Å². The highest BCUT2D eigenvalue weighted by atomic mass is 19.1. The molecule has 5 heteroatoms. The van der Waals surface area contributed by atoms with E-state index in [4.69, 9.17) is 10.5 Å². The highest BCUT2D eigenvalue weighted by Crippen LogP contribution is 2.21. The molecule has 1 fully saturated rings. The van der Waals surface area contributed by atoms with Gasteiger partial charge in [0.2, 0.25) is 0 Å². The first-order valence-electron chi connectivity index (χ1n) is 6.86. The number of carbonyl (C=O) groups is 1. The molecule has 0 bridgehead atoms. The van der Waals surface area contributed by atoms with Crippen LogP contribution in [0, 0.1) is 11.7 Å². The number of carbonyl (C=O) groups excluding carboxylic acids is 1. The van der Waals surface area contributed by atoms with Crippen LogP contribution in [0.2, 0.25) is 0 Å². The predicted octanol–water partition coefficient (Wildman–Crippen LogP) is 1.54. The number of nitrogens with two attached hydrogens (primary N) is 1. The van der Waals surface area contributed by atoms with Gasteiger partial charge in [-0.2, -0.15) is 0 Å². The lowest BCUT2D eigenvalue weighted by molar-refractivity contribution is -0.142. The Labute approximate surface area is 118 Å². The van der Waals surface area contributed by atoms with E-state index < -0.39 is 0 Å². The van der Waals surface area contributed by atoms with Gasteiger partial charge in [0, 0.05) is 32.1 Å². The molecule has 1 aromatic rings. The lowest BCUT2D eigenvalue weighted by atomic mass is 9.91. The number of benzene rings is 1. The first kappa shape index (κ1) is 14.9. The SMILES string of the molecule is COC(=O)CC1CC(N)CN(Cc2ccc(F)cc2)C1. The number of halogens is 1. The van der Waals surface area contributed by atoms with Gasteiger partial charge in [0.05, 0.1) is 7.11 Å². The molecule has 2 unspecified atom stereocenters. The Morgan fingerprint density at radius 2 is 2.10 bits per heavy atom. The highest BCUT2D eigenvalue weighted by Gasteiger charge is 2.27. The second kappa shape index (κ2) is 6.81. The molecule has 20 heavy (non-hydrogen) atoms. The topological polar surface area (TPSA) is 55.6 Å². The van der Waals surface area contributed by atoms with Crippen LogP contribution in [-0.2, 0) is 16.1 Å². The Hall–Kier alpha value is -1.46. The molecular weight excluding hydrogens is 259 g/mol. The van der Waals surface area contributed by atoms with Crippen molar-refractivity contribution in [2.45, 2.75) is 25.4 Å². The van der Waals surface area contributed by atoms with Crippen LogP contribution < -0.4 is 5.73 Å². The third kappa shape index (κ3) is 4.28. The monoisotopic (exact) mass is 280 g/mol. The number of hydrogen-bond acceptors (Lipinski definition) is 4. The van der Waals surface area contributed by atoms with Gasteiger partial charge < -0.3 is 10.5 Å². The zero-order valence-electron chi connectivity index (χ0n) is 11.7. The van der Waals surface area contributed by atoms with E-state index in [0.29, 0.717) is 6.42 Å². The van der Waals surface area contributed by atoms with Crippen LogP contribution in [0.3, 0.4) is 0 Å². The number of likely N-dealkylation sites (tertiary alicyclic amines) is 1. The van der Waals surface area contributed by atoms with Gasteiger partial charge in [-0.3, -0.25) is 9.69 Å². The van der Waals surface area contributed by atoms with Crippen molar-refractivity contribution < 1.29 is 13.9 Å². The molecule has 2 N–H and O–H groups in total. The first-order valence-corrected chi connectivity index (χ1v) is 6.86. The smallest absolute Gasteiger partial charge is 0.305 e. The van der Waals surface area contributed by atoms with Gasteiger partial charge in [0.15, 0.2) is 0 Å². The number of rotatable bonds is 4. The molecule has 2 atom stereocenters. The van der Waals surface area contributed by atoms with Gasteiger partial charge in [0.25, 0.3) is 0 Å². The van der Waals surface area contributed by atoms with Crippen molar-refractivity contribution in [2.24, 2.45) is 11.7 Å². The molecule has 0 spiro atoms. The molecule has 1 aliphatic heterocycles. The van der Waals surface area contributed by atoms with Crippen LogP contribution in [-0.4, -0.2) is 37.1 Å². The van der Waals surface area contributed by atoms with E-state index in [2.05, 4.69) is 4.90 Å². The normalized spacial score (nSPS) is 23.6. The molecule has 4 nitrogen and oxygen atoms in total. The second-order valence-electron chi connectivity index (χ2n) is 5.46. The molecule has 2 rings (SSSR count). The summed E-state index contributed by atoms with van der Waals surface area (Å²) in [5, 5.41) is 0. The van der Waals surface area contributed by atoms with Gasteiger partial charge in [-0.15, -0.1) is 0 Å². The van der Waals surface area contributed by atoms with Gasteiger partial charge >= 0.3 is 5.97 Å². The molecule has 1 heterocycles. The lowest BCUT2D eigenvalue weighted by Gasteiger charge is -2.36. The number of ether oxygens (including phenoxy) is 1. The fourth-order valence-corrected chi connectivity index (χ4v) is 2.79. The van der Waals surface area contributed by atoms with Gasteiger partial charge in [-0.1, -0.05) is 12.1 Å². The molecule has 1 aliphatic rings. The summed E-state index contributed by atoms with van der Waals surface area (Å²) in [6, 6.07) is 6.56. The first-order chi connectivity index (χ1) is 9.56. The van der Waals surface area contributed by atoms with E-state index in [1.54, 1.807) is 12.1 Å². The molecule has 1 aromatic carbocycles. The molecule has 0 aliphatic carbocycles. The highest BCUT2D eigenvalue weighted by molar-refractivity contribution is 5.69. The maximum Gasteiger partial charge on any atom is 0.305 e. The molecule has 0 radical (unpaired) electrons. The summed E-state index contributed by atoms with van der Waals surface area (Å²) in [7, 11) is 1.40. The quantitative estimate of drug-likeness (QED) is 0.850. The fourth-order valence-electron chi connectivity index (χ4n) is 2.79. The summed E-state index contributed by atoms with van der Waals surface area (Å²) in [6.07, 6.45) is 1.25. The zero-order chi connectivity index (χ0) is 14.5. The lowest BCUT2D eigenvalue weighted by Crippen LogP contribution is -2.47. The van der Waals surface area contributed by atoms with Gasteiger partial charge in [0.1, 0.15) is 5.82 Å². The maximum absolute atomic E-state index is 12.9. The summed E-state index contributed by atoms with van der Waals surface area (Å²) < 4.78 is 17.6. The summed E-state index contributed by atoms with van der Waals surface area (Å²) in [5.41, 5.74) is 7.11. The minimum atomic E-state index is -0.229. The molecular formula is C15H21FN2O2. The Bertz CT molecular complexity index is 450. The third-order valence-corrected chi connectivity index (χ3v) is 3.65. The van der Waals surface area contributed by atoms with Crippen molar-refractivity contribution in [2.75, 3.05) is 20.2 Å². The number of esters is 1. The van der Waals surface area contributed by atoms with E-state index >= 15 is 0 Å². The van der Waals surface area contributed by atoms with Crippen LogP contribution in [0.25, 0.3) is 0 Å². The van der Waals surface area contributed by atoms with Gasteiger partial charge in [-0.25, -0.2) is 4.39 Å². The van der Waals surface area contributed by atoms with E-state index in [1.165, 1.54) is 19.2 Å². The summed E-state index contributed by atoms with van der Waals surface area (Å²) in [5.74, 6) is -0.190. The minimum absolute atomic E-state index is 0.0684. The van der Waals surface area contributed by atoms with Crippen LogP contribution in [0.4, 0.5) is 4.39 Å². The average Bonchev–Trinajstić information content (AvgIpc) is 2.40. The van der Waals surface area contributed by atoms with Crippen molar-refractivity contribution >= 4 is 5.97 Å². The fraction of sp³-hybridized carbons (Fsp3) is 0.533. The van der Waals surface area contributed by atoms with E-state index in [-0.39, 0.29) is 23.7 Å². The van der Waals surface area contributed by atoms with Crippen molar-refractivity contribution in [1.82, 2.24) is 4.90 Å². The Kier molecular flexibility index (Phi) is 5.09. The average molecular weight is 280 g/mol. The second-order valence-corrected chi connectivity index (χ2v) is 5.46. The van der Waals surface area contributed by atoms with Gasteiger partial charge in [-0.05, 0) is 30.0 Å². The number of methoxy groups -OCH3 is 1. The minimum Gasteiger partial charge on any atom is -0.469 e. The van der Waals surface area contributed by atoms with Crippen LogP contribution in [0.1, 0.15) is 18.4 Å². The predicted molar refractivity (Wildman–Crippen MR) is 74.4 cm³/mol. The standard InChI is InChI=1S/C15H21FN2O2/c1-20-15(19)7-12-6-14(17)10-18(9-12)8-11-2-4-13(16)5-3-11/h2-5,12,14H,6-10,17H2,1H3. The number of hydrogen-bond donors (Lipinski definition) is 1. The molecule has 0 aromatic heterocycles. The largest absolute Gasteiger partial charge is 0.469 e. The van der Waals surface area contributed by atoms with Crippen LogP contribution in [0.15, 0.2) is 24.3 Å². The van der Waals surface area contributed by atoms with Crippen LogP contribution in [0.5, 0.6) is 0 Å². The molecule has 110 valence electrons. The maximum atomic E-state index is 12.9. The third-order valence-electron chi connectivity index (χ3n) is 3.65.